The van der Waals surface area contributed by atoms with E-state index in [1.165, 1.54) is 6.33 Å². The van der Waals surface area contributed by atoms with E-state index in [0.717, 1.165) is 29.4 Å². The monoisotopic (exact) mass is 262 g/mol. The normalized spacial score (nSPS) is 10.4. The highest BCUT2D eigenvalue weighted by atomic mass is 16.5. The van der Waals surface area contributed by atoms with Gasteiger partial charge >= 0.3 is 0 Å². The summed E-state index contributed by atoms with van der Waals surface area (Å²) in [7, 11) is 1.64. The Bertz CT molecular complexity index is 499. The van der Waals surface area contributed by atoms with Gasteiger partial charge in [-0.3, -0.25) is 5.10 Å². The van der Waals surface area contributed by atoms with Crippen LogP contribution in [0.1, 0.15) is 18.3 Å². The summed E-state index contributed by atoms with van der Waals surface area (Å²) < 4.78 is 10.8. The van der Waals surface area contributed by atoms with Crippen LogP contribution in [0.2, 0.25) is 0 Å². The van der Waals surface area contributed by atoms with Crippen LogP contribution in [0.3, 0.4) is 0 Å². The first-order chi connectivity index (χ1) is 9.33. The summed E-state index contributed by atoms with van der Waals surface area (Å²) in [6.07, 6.45) is 1.50. The summed E-state index contributed by atoms with van der Waals surface area (Å²) in [5, 5.41) is 9.88. The molecule has 0 fully saturated rings. The van der Waals surface area contributed by atoms with E-state index in [2.05, 4.69) is 20.5 Å². The number of hydrogen-bond acceptors (Lipinski definition) is 5. The van der Waals surface area contributed by atoms with E-state index < -0.39 is 0 Å². The van der Waals surface area contributed by atoms with Gasteiger partial charge in [0, 0.05) is 6.54 Å². The van der Waals surface area contributed by atoms with E-state index in [-0.39, 0.29) is 0 Å². The molecule has 0 unspecified atom stereocenters. The minimum absolute atomic E-state index is 0.616. The molecule has 0 spiro atoms. The molecule has 0 saturated heterocycles. The number of H-pyrrole nitrogens is 1. The van der Waals surface area contributed by atoms with Crippen LogP contribution >= 0.6 is 0 Å². The maximum Gasteiger partial charge on any atom is 0.161 e. The van der Waals surface area contributed by atoms with Crippen molar-refractivity contribution in [2.45, 2.75) is 20.0 Å². The van der Waals surface area contributed by atoms with Gasteiger partial charge in [-0.05, 0) is 24.6 Å². The first-order valence-electron chi connectivity index (χ1n) is 6.18. The predicted molar refractivity (Wildman–Crippen MR) is 71.1 cm³/mol. The molecule has 2 rings (SSSR count). The summed E-state index contributed by atoms with van der Waals surface area (Å²) in [6, 6.07) is 5.90. The van der Waals surface area contributed by atoms with Crippen LogP contribution in [0, 0.1) is 0 Å². The van der Waals surface area contributed by atoms with Gasteiger partial charge in [0.15, 0.2) is 11.5 Å². The molecule has 0 saturated carbocycles. The summed E-state index contributed by atoms with van der Waals surface area (Å²) >= 11 is 0. The number of methoxy groups -OCH3 is 1. The summed E-state index contributed by atoms with van der Waals surface area (Å²) in [5.74, 6) is 2.34. The summed E-state index contributed by atoms with van der Waals surface area (Å²) in [6.45, 7) is 3.94. The van der Waals surface area contributed by atoms with Crippen LogP contribution in [0.15, 0.2) is 24.5 Å². The first kappa shape index (κ1) is 13.4. The van der Waals surface area contributed by atoms with Crippen molar-refractivity contribution in [3.05, 3.63) is 35.9 Å². The van der Waals surface area contributed by atoms with Crippen molar-refractivity contribution < 1.29 is 9.47 Å². The minimum Gasteiger partial charge on any atom is -0.493 e. The average molecular weight is 262 g/mol. The third-order valence-corrected chi connectivity index (χ3v) is 2.61. The van der Waals surface area contributed by atoms with E-state index in [1.54, 1.807) is 7.11 Å². The summed E-state index contributed by atoms with van der Waals surface area (Å²) in [5.41, 5.74) is 1.13. The lowest BCUT2D eigenvalue weighted by molar-refractivity contribution is 0.310. The molecule has 1 heterocycles. The quantitative estimate of drug-likeness (QED) is 0.791. The molecule has 0 aliphatic carbocycles. The molecule has 0 amide bonds. The molecule has 1 aromatic carbocycles. The molecule has 1 aromatic heterocycles. The van der Waals surface area contributed by atoms with Gasteiger partial charge in [0.2, 0.25) is 0 Å². The second-order valence-electron chi connectivity index (χ2n) is 3.95. The van der Waals surface area contributed by atoms with Crippen LogP contribution in [-0.2, 0) is 13.1 Å². The van der Waals surface area contributed by atoms with Crippen LogP contribution in [0.5, 0.6) is 11.5 Å². The Hall–Kier alpha value is -2.08. The number of aromatic nitrogens is 3. The second-order valence-corrected chi connectivity index (χ2v) is 3.95. The highest BCUT2D eigenvalue weighted by Crippen LogP contribution is 2.27. The van der Waals surface area contributed by atoms with Gasteiger partial charge < -0.3 is 14.8 Å². The Morgan fingerprint density at radius 1 is 1.26 bits per heavy atom. The molecule has 6 heteroatoms. The van der Waals surface area contributed by atoms with Crippen LogP contribution in [-0.4, -0.2) is 28.9 Å². The summed E-state index contributed by atoms with van der Waals surface area (Å²) in [4.78, 5) is 4.05. The van der Waals surface area contributed by atoms with E-state index >= 15 is 0 Å². The zero-order chi connectivity index (χ0) is 13.5. The number of nitrogens with one attached hydrogen (secondary N) is 2. The van der Waals surface area contributed by atoms with E-state index in [9.17, 15) is 0 Å². The van der Waals surface area contributed by atoms with Gasteiger partial charge in [-0.15, -0.1) is 0 Å². The second kappa shape index (κ2) is 6.75. The van der Waals surface area contributed by atoms with Crippen molar-refractivity contribution in [3.8, 4) is 11.5 Å². The fourth-order valence-electron chi connectivity index (χ4n) is 1.74. The SMILES string of the molecule is CCOc1cc(CNCc2ncn[nH]2)ccc1OC. The van der Waals surface area contributed by atoms with Crippen LogP contribution in [0.25, 0.3) is 0 Å². The number of nitrogens with zero attached hydrogens (tertiary/aromatic N) is 2. The fraction of sp³-hybridized carbons (Fsp3) is 0.385. The van der Waals surface area contributed by atoms with Crippen molar-refractivity contribution in [2.75, 3.05) is 13.7 Å². The number of aromatic amines is 1. The van der Waals surface area contributed by atoms with Crippen LogP contribution in [0.4, 0.5) is 0 Å². The van der Waals surface area contributed by atoms with Crippen molar-refractivity contribution in [3.63, 3.8) is 0 Å². The molecule has 0 aliphatic heterocycles. The van der Waals surface area contributed by atoms with Gasteiger partial charge in [-0.25, -0.2) is 4.98 Å². The molecule has 0 atom stereocenters. The van der Waals surface area contributed by atoms with Crippen LogP contribution < -0.4 is 14.8 Å². The molecule has 19 heavy (non-hydrogen) atoms. The van der Waals surface area contributed by atoms with E-state index in [4.69, 9.17) is 9.47 Å². The van der Waals surface area contributed by atoms with Crippen molar-refractivity contribution >= 4 is 0 Å². The third kappa shape index (κ3) is 3.69. The molecule has 0 radical (unpaired) electrons. The molecule has 2 N–H and O–H groups in total. The zero-order valence-electron chi connectivity index (χ0n) is 11.1. The number of hydrogen-bond donors (Lipinski definition) is 2. The Balaban J connectivity index is 1.94. The van der Waals surface area contributed by atoms with Gasteiger partial charge in [0.1, 0.15) is 12.2 Å². The fourth-order valence-corrected chi connectivity index (χ4v) is 1.74. The highest BCUT2D eigenvalue weighted by Gasteiger charge is 2.05. The number of benzene rings is 1. The van der Waals surface area contributed by atoms with Crippen molar-refractivity contribution in [1.29, 1.82) is 0 Å². The zero-order valence-corrected chi connectivity index (χ0v) is 11.1. The van der Waals surface area contributed by atoms with Crippen molar-refractivity contribution in [2.24, 2.45) is 0 Å². The van der Waals surface area contributed by atoms with E-state index in [0.29, 0.717) is 13.2 Å². The highest BCUT2D eigenvalue weighted by molar-refractivity contribution is 5.42. The Morgan fingerprint density at radius 2 is 2.16 bits per heavy atom. The van der Waals surface area contributed by atoms with E-state index in [1.807, 2.05) is 25.1 Å². The lowest BCUT2D eigenvalue weighted by Crippen LogP contribution is -2.13. The van der Waals surface area contributed by atoms with Crippen molar-refractivity contribution in [1.82, 2.24) is 20.5 Å². The Kier molecular flexibility index (Phi) is 4.74. The Labute approximate surface area is 112 Å². The smallest absolute Gasteiger partial charge is 0.161 e. The number of ether oxygens (including phenoxy) is 2. The lowest BCUT2D eigenvalue weighted by Gasteiger charge is -2.11. The maximum absolute atomic E-state index is 5.54. The predicted octanol–water partition coefficient (Wildman–Crippen LogP) is 1.50. The molecular weight excluding hydrogens is 244 g/mol. The van der Waals surface area contributed by atoms with Gasteiger partial charge in [-0.2, -0.15) is 5.10 Å². The molecule has 0 bridgehead atoms. The average Bonchev–Trinajstić information content (AvgIpc) is 2.93. The standard InChI is InChI=1S/C13H18N4O2/c1-3-19-12-6-10(4-5-11(12)18-2)7-14-8-13-15-9-16-17-13/h4-6,9,14H,3,7-8H2,1-2H3,(H,15,16,17). The molecule has 6 nitrogen and oxygen atoms in total. The molecular formula is C13H18N4O2. The minimum atomic E-state index is 0.616. The topological polar surface area (TPSA) is 72.1 Å². The van der Waals surface area contributed by atoms with Gasteiger partial charge in [0.25, 0.3) is 0 Å². The molecule has 0 aliphatic rings. The third-order valence-electron chi connectivity index (χ3n) is 2.61. The molecule has 102 valence electrons. The van der Waals surface area contributed by atoms with Gasteiger partial charge in [-0.1, -0.05) is 6.07 Å². The lowest BCUT2D eigenvalue weighted by atomic mass is 10.2. The van der Waals surface area contributed by atoms with Gasteiger partial charge in [0.05, 0.1) is 20.3 Å². The molecule has 2 aromatic rings. The largest absolute Gasteiger partial charge is 0.493 e. The number of rotatable bonds is 7. The Morgan fingerprint density at radius 3 is 2.84 bits per heavy atom. The first-order valence-corrected chi connectivity index (χ1v) is 6.18. The maximum atomic E-state index is 5.54.